The van der Waals surface area contributed by atoms with E-state index in [1.54, 1.807) is 6.20 Å². The minimum atomic E-state index is 0.237. The third-order valence-electron chi connectivity index (χ3n) is 6.84. The van der Waals surface area contributed by atoms with E-state index in [0.29, 0.717) is 18.5 Å². The van der Waals surface area contributed by atoms with Crippen LogP contribution in [0, 0.1) is 5.92 Å². The van der Waals surface area contributed by atoms with Crippen LogP contribution in [-0.4, -0.2) is 56.1 Å². The van der Waals surface area contributed by atoms with E-state index in [1.807, 2.05) is 24.5 Å². The van der Waals surface area contributed by atoms with Gasteiger partial charge in [0, 0.05) is 49.5 Å². The second kappa shape index (κ2) is 9.45. The summed E-state index contributed by atoms with van der Waals surface area (Å²) in [5.74, 6) is 1.42. The summed E-state index contributed by atoms with van der Waals surface area (Å²) in [6, 6.07) is 13.1. The minimum absolute atomic E-state index is 0.237. The van der Waals surface area contributed by atoms with Gasteiger partial charge in [0.2, 0.25) is 5.95 Å². The SMILES string of the molecule is CC(C)C(N)CN1CCC(Nc2nc3ccncc3n2Cc2cccc3cccnc23)CC1. The van der Waals surface area contributed by atoms with Gasteiger partial charge in [-0.1, -0.05) is 38.1 Å². The molecule has 1 aliphatic heterocycles. The molecule has 5 rings (SSSR count). The molecule has 4 heterocycles. The third-order valence-corrected chi connectivity index (χ3v) is 6.84. The number of benzene rings is 1. The van der Waals surface area contributed by atoms with Crippen molar-refractivity contribution >= 4 is 27.9 Å². The Bertz CT molecular complexity index is 1220. The Balaban J connectivity index is 1.37. The molecule has 172 valence electrons. The fourth-order valence-electron chi connectivity index (χ4n) is 4.66. The largest absolute Gasteiger partial charge is 0.353 e. The number of hydrogen-bond acceptors (Lipinski definition) is 6. The fourth-order valence-corrected chi connectivity index (χ4v) is 4.66. The number of rotatable bonds is 7. The molecule has 0 amide bonds. The van der Waals surface area contributed by atoms with Gasteiger partial charge in [-0.2, -0.15) is 0 Å². The highest BCUT2D eigenvalue weighted by atomic mass is 15.2. The topological polar surface area (TPSA) is 84.9 Å². The van der Waals surface area contributed by atoms with Crippen molar-refractivity contribution in [1.82, 2.24) is 24.4 Å². The third kappa shape index (κ3) is 4.70. The van der Waals surface area contributed by atoms with Crippen LogP contribution in [0.15, 0.2) is 55.0 Å². The maximum absolute atomic E-state index is 6.30. The van der Waals surface area contributed by atoms with E-state index < -0.39 is 0 Å². The fraction of sp³-hybridized carbons (Fsp3) is 0.423. The van der Waals surface area contributed by atoms with Gasteiger partial charge < -0.3 is 20.5 Å². The molecule has 1 unspecified atom stereocenters. The molecule has 1 saturated heterocycles. The van der Waals surface area contributed by atoms with Crippen molar-refractivity contribution < 1.29 is 0 Å². The van der Waals surface area contributed by atoms with Crippen LogP contribution in [0.2, 0.25) is 0 Å². The lowest BCUT2D eigenvalue weighted by molar-refractivity contribution is 0.194. The Morgan fingerprint density at radius 1 is 1.09 bits per heavy atom. The number of anilines is 1. The molecule has 33 heavy (non-hydrogen) atoms. The number of fused-ring (bicyclic) bond motifs is 2. The number of hydrogen-bond donors (Lipinski definition) is 2. The zero-order valence-corrected chi connectivity index (χ0v) is 19.5. The van der Waals surface area contributed by atoms with E-state index >= 15 is 0 Å². The average molecular weight is 444 g/mol. The van der Waals surface area contributed by atoms with Crippen LogP contribution in [0.3, 0.4) is 0 Å². The number of imidazole rings is 1. The Hall–Kier alpha value is -3.03. The van der Waals surface area contributed by atoms with Crippen LogP contribution in [0.5, 0.6) is 0 Å². The standard InChI is InChI=1S/C26H33N7/c1-18(2)22(27)17-32-13-9-21(10-14-32)30-26-31-23-8-12-28-15-24(23)33(26)16-20-6-3-5-19-7-4-11-29-25(19)20/h3-8,11-12,15,18,21-22H,9-10,13-14,16-17,27H2,1-2H3,(H,30,31). The first-order chi connectivity index (χ1) is 16.1. The molecule has 7 heteroatoms. The molecular weight excluding hydrogens is 410 g/mol. The summed E-state index contributed by atoms with van der Waals surface area (Å²) in [7, 11) is 0. The molecule has 3 aromatic heterocycles. The predicted octanol–water partition coefficient (Wildman–Crippen LogP) is 3.89. The quantitative estimate of drug-likeness (QED) is 0.451. The maximum atomic E-state index is 6.30. The molecule has 0 aliphatic carbocycles. The van der Waals surface area contributed by atoms with Gasteiger partial charge in [-0.05, 0) is 36.5 Å². The first-order valence-electron chi connectivity index (χ1n) is 12.0. The second-order valence-corrected chi connectivity index (χ2v) is 9.51. The molecule has 1 fully saturated rings. The molecule has 3 N–H and O–H groups in total. The normalized spacial score (nSPS) is 16.6. The number of nitrogens with zero attached hydrogens (tertiary/aromatic N) is 5. The molecule has 7 nitrogen and oxygen atoms in total. The van der Waals surface area contributed by atoms with Crippen LogP contribution >= 0.6 is 0 Å². The number of likely N-dealkylation sites (tertiary alicyclic amines) is 1. The van der Waals surface area contributed by atoms with Crippen LogP contribution in [0.1, 0.15) is 32.3 Å². The smallest absolute Gasteiger partial charge is 0.204 e. The lowest BCUT2D eigenvalue weighted by Gasteiger charge is -2.34. The number of nitrogens with one attached hydrogen (secondary N) is 1. The molecule has 0 radical (unpaired) electrons. The highest BCUT2D eigenvalue weighted by Crippen LogP contribution is 2.25. The Morgan fingerprint density at radius 3 is 2.73 bits per heavy atom. The summed E-state index contributed by atoms with van der Waals surface area (Å²) in [5, 5.41) is 4.90. The highest BCUT2D eigenvalue weighted by molar-refractivity contribution is 5.82. The monoisotopic (exact) mass is 443 g/mol. The van der Waals surface area contributed by atoms with E-state index in [4.69, 9.17) is 10.7 Å². The van der Waals surface area contributed by atoms with E-state index in [0.717, 1.165) is 60.4 Å². The second-order valence-electron chi connectivity index (χ2n) is 9.51. The first-order valence-corrected chi connectivity index (χ1v) is 12.0. The van der Waals surface area contributed by atoms with Crippen molar-refractivity contribution in [3.05, 3.63) is 60.6 Å². The van der Waals surface area contributed by atoms with Gasteiger partial charge in [0.05, 0.1) is 29.3 Å². The van der Waals surface area contributed by atoms with E-state index in [-0.39, 0.29) is 6.04 Å². The van der Waals surface area contributed by atoms with Gasteiger partial charge in [-0.25, -0.2) is 4.98 Å². The van der Waals surface area contributed by atoms with E-state index in [2.05, 4.69) is 62.9 Å². The zero-order valence-electron chi connectivity index (χ0n) is 19.5. The summed E-state index contributed by atoms with van der Waals surface area (Å²) >= 11 is 0. The number of nitrogens with two attached hydrogens (primary N) is 1. The average Bonchev–Trinajstić information content (AvgIpc) is 3.17. The molecule has 4 aromatic rings. The van der Waals surface area contributed by atoms with Crippen molar-refractivity contribution in [2.45, 2.75) is 45.3 Å². The minimum Gasteiger partial charge on any atom is -0.353 e. The van der Waals surface area contributed by atoms with Gasteiger partial charge in [-0.3, -0.25) is 9.97 Å². The van der Waals surface area contributed by atoms with Crippen molar-refractivity contribution in [3.63, 3.8) is 0 Å². The van der Waals surface area contributed by atoms with Crippen molar-refractivity contribution in [2.24, 2.45) is 11.7 Å². The first kappa shape index (κ1) is 21.8. The summed E-state index contributed by atoms with van der Waals surface area (Å²) in [4.78, 5) is 16.4. The van der Waals surface area contributed by atoms with Gasteiger partial charge in [0.15, 0.2) is 0 Å². The number of piperidine rings is 1. The van der Waals surface area contributed by atoms with Crippen molar-refractivity contribution in [2.75, 3.05) is 25.0 Å². The van der Waals surface area contributed by atoms with Crippen LogP contribution in [-0.2, 0) is 6.54 Å². The van der Waals surface area contributed by atoms with Crippen LogP contribution < -0.4 is 11.1 Å². The lowest BCUT2D eigenvalue weighted by Crippen LogP contribution is -2.46. The highest BCUT2D eigenvalue weighted by Gasteiger charge is 2.23. The molecule has 1 aromatic carbocycles. The predicted molar refractivity (Wildman–Crippen MR) is 134 cm³/mol. The molecule has 1 atom stereocenters. The van der Waals surface area contributed by atoms with Crippen molar-refractivity contribution in [3.8, 4) is 0 Å². The Kier molecular flexibility index (Phi) is 6.24. The van der Waals surface area contributed by atoms with Gasteiger partial charge in [-0.15, -0.1) is 0 Å². The summed E-state index contributed by atoms with van der Waals surface area (Å²) < 4.78 is 2.24. The molecule has 1 aliphatic rings. The van der Waals surface area contributed by atoms with Gasteiger partial charge >= 0.3 is 0 Å². The van der Waals surface area contributed by atoms with Crippen molar-refractivity contribution in [1.29, 1.82) is 0 Å². The number of para-hydroxylation sites is 1. The molecule has 0 spiro atoms. The Labute approximate surface area is 195 Å². The summed E-state index contributed by atoms with van der Waals surface area (Å²) in [6.07, 6.45) is 7.74. The number of aromatic nitrogens is 4. The summed E-state index contributed by atoms with van der Waals surface area (Å²) in [5.41, 5.74) is 10.5. The van der Waals surface area contributed by atoms with Crippen LogP contribution in [0.4, 0.5) is 5.95 Å². The zero-order chi connectivity index (χ0) is 22.8. The summed E-state index contributed by atoms with van der Waals surface area (Å²) in [6.45, 7) is 8.19. The van der Waals surface area contributed by atoms with Gasteiger partial charge in [0.25, 0.3) is 0 Å². The van der Waals surface area contributed by atoms with Crippen LogP contribution in [0.25, 0.3) is 21.9 Å². The molecular formula is C26H33N7. The molecule has 0 bridgehead atoms. The maximum Gasteiger partial charge on any atom is 0.204 e. The van der Waals surface area contributed by atoms with E-state index in [9.17, 15) is 0 Å². The lowest BCUT2D eigenvalue weighted by atomic mass is 10.0. The molecule has 0 saturated carbocycles. The van der Waals surface area contributed by atoms with E-state index in [1.165, 1.54) is 5.56 Å². The van der Waals surface area contributed by atoms with Gasteiger partial charge in [0.1, 0.15) is 0 Å². The Morgan fingerprint density at radius 2 is 1.91 bits per heavy atom. The number of pyridine rings is 2.